The molecule has 0 aliphatic carbocycles. The van der Waals surface area contributed by atoms with Crippen molar-refractivity contribution in [1.29, 1.82) is 0 Å². The van der Waals surface area contributed by atoms with Gasteiger partial charge in [0.1, 0.15) is 0 Å². The first-order chi connectivity index (χ1) is 12.7. The van der Waals surface area contributed by atoms with Gasteiger partial charge in [-0.15, -0.1) is 0 Å². The molecule has 2 aromatic rings. The lowest BCUT2D eigenvalue weighted by Gasteiger charge is -2.37. The van der Waals surface area contributed by atoms with Crippen molar-refractivity contribution in [2.75, 3.05) is 31.1 Å². The molecule has 1 aromatic heterocycles. The fraction of sp³-hybridized carbons (Fsp3) is 0.368. The number of urea groups is 1. The van der Waals surface area contributed by atoms with Gasteiger partial charge in [-0.2, -0.15) is 5.10 Å². The summed E-state index contributed by atoms with van der Waals surface area (Å²) >= 11 is 0. The molecule has 2 aliphatic heterocycles. The average Bonchev–Trinajstić information content (AvgIpc) is 3.19. The van der Waals surface area contributed by atoms with Crippen LogP contribution in [0, 0.1) is 6.92 Å². The van der Waals surface area contributed by atoms with E-state index in [0.29, 0.717) is 13.1 Å². The predicted molar refractivity (Wildman–Crippen MR) is 100 cm³/mol. The van der Waals surface area contributed by atoms with E-state index in [2.05, 4.69) is 20.0 Å². The fourth-order valence-electron chi connectivity index (χ4n) is 3.34. The van der Waals surface area contributed by atoms with Gasteiger partial charge in [0.2, 0.25) is 5.95 Å². The molecule has 1 atom stereocenters. The quantitative estimate of drug-likeness (QED) is 0.835. The summed E-state index contributed by atoms with van der Waals surface area (Å²) in [5.74, 6) is 0.726. The van der Waals surface area contributed by atoms with Crippen LogP contribution in [-0.4, -0.2) is 58.3 Å². The van der Waals surface area contributed by atoms with E-state index in [1.807, 2.05) is 60.8 Å². The Balaban J connectivity index is 1.40. The molecular formula is C19H22N6O. The van der Waals surface area contributed by atoms with E-state index in [0.717, 1.165) is 36.6 Å². The Morgan fingerprint density at radius 1 is 1.04 bits per heavy atom. The first-order valence-corrected chi connectivity index (χ1v) is 8.91. The van der Waals surface area contributed by atoms with Crippen molar-refractivity contribution in [1.82, 2.24) is 19.9 Å². The number of aromatic nitrogens is 2. The number of hydrogen-bond donors (Lipinski definition) is 0. The minimum absolute atomic E-state index is 0.0119. The van der Waals surface area contributed by atoms with Crippen LogP contribution < -0.4 is 4.90 Å². The minimum Gasteiger partial charge on any atom is -0.337 e. The number of anilines is 1. The van der Waals surface area contributed by atoms with Gasteiger partial charge >= 0.3 is 6.03 Å². The number of hydrogen-bond acceptors (Lipinski definition) is 5. The Labute approximate surface area is 153 Å². The highest BCUT2D eigenvalue weighted by Gasteiger charge is 2.33. The second kappa shape index (κ2) is 7.11. The lowest BCUT2D eigenvalue weighted by Crippen LogP contribution is -2.52. The zero-order valence-electron chi connectivity index (χ0n) is 14.8. The summed E-state index contributed by atoms with van der Waals surface area (Å²) in [6.45, 7) is 4.71. The van der Waals surface area contributed by atoms with Gasteiger partial charge in [-0.05, 0) is 18.1 Å². The third-order valence-corrected chi connectivity index (χ3v) is 4.81. The summed E-state index contributed by atoms with van der Waals surface area (Å²) in [4.78, 5) is 25.7. The fourth-order valence-corrected chi connectivity index (χ4v) is 3.34. The number of carbonyl (C=O) groups is 1. The minimum atomic E-state index is -0.0305. The molecule has 134 valence electrons. The van der Waals surface area contributed by atoms with Crippen LogP contribution in [0.3, 0.4) is 0 Å². The van der Waals surface area contributed by atoms with E-state index in [9.17, 15) is 4.79 Å². The van der Waals surface area contributed by atoms with Crippen LogP contribution in [0.2, 0.25) is 0 Å². The second-order valence-electron chi connectivity index (χ2n) is 6.62. The SMILES string of the molecule is Cc1cnc(N2CCN(C(=O)N3N=CCC3c3ccccc3)CC2)nc1. The molecular weight excluding hydrogens is 328 g/mol. The highest BCUT2D eigenvalue weighted by molar-refractivity contribution is 5.78. The lowest BCUT2D eigenvalue weighted by molar-refractivity contribution is 0.139. The maximum atomic E-state index is 13.0. The molecule has 1 fully saturated rings. The zero-order valence-corrected chi connectivity index (χ0v) is 14.8. The van der Waals surface area contributed by atoms with Crippen molar-refractivity contribution in [3.05, 3.63) is 53.9 Å². The Bertz CT molecular complexity index is 783. The van der Waals surface area contributed by atoms with E-state index < -0.39 is 0 Å². The number of rotatable bonds is 2. The van der Waals surface area contributed by atoms with Crippen LogP contribution in [0.1, 0.15) is 23.6 Å². The molecule has 1 saturated heterocycles. The Morgan fingerprint density at radius 2 is 1.73 bits per heavy atom. The molecule has 0 N–H and O–H groups in total. The number of carbonyl (C=O) groups excluding carboxylic acids is 1. The Hall–Kier alpha value is -2.96. The van der Waals surface area contributed by atoms with Crippen LogP contribution in [0.15, 0.2) is 47.8 Å². The van der Waals surface area contributed by atoms with Gasteiger partial charge in [-0.3, -0.25) is 0 Å². The third-order valence-electron chi connectivity index (χ3n) is 4.81. The molecule has 1 aromatic carbocycles. The lowest BCUT2D eigenvalue weighted by atomic mass is 10.1. The highest BCUT2D eigenvalue weighted by atomic mass is 16.2. The molecule has 7 nitrogen and oxygen atoms in total. The average molecular weight is 350 g/mol. The number of piperazine rings is 1. The van der Waals surface area contributed by atoms with Crippen molar-refractivity contribution >= 4 is 18.2 Å². The molecule has 0 radical (unpaired) electrons. The number of aryl methyl sites for hydroxylation is 1. The van der Waals surface area contributed by atoms with E-state index in [-0.39, 0.29) is 12.1 Å². The van der Waals surface area contributed by atoms with Crippen molar-refractivity contribution in [3.8, 4) is 0 Å². The maximum Gasteiger partial charge on any atom is 0.341 e. The van der Waals surface area contributed by atoms with Gasteiger partial charge < -0.3 is 9.80 Å². The summed E-state index contributed by atoms with van der Waals surface area (Å²) in [5, 5.41) is 5.95. The molecule has 7 heteroatoms. The van der Waals surface area contributed by atoms with E-state index >= 15 is 0 Å². The van der Waals surface area contributed by atoms with Crippen LogP contribution in [0.4, 0.5) is 10.7 Å². The standard InChI is InChI=1S/C19H22N6O/c1-15-13-20-18(21-14-15)23-9-11-24(12-10-23)19(26)25-17(7-8-22-25)16-5-3-2-4-6-16/h2-6,8,13-14,17H,7,9-12H2,1H3. The molecule has 2 aliphatic rings. The first-order valence-electron chi connectivity index (χ1n) is 8.91. The summed E-state index contributed by atoms with van der Waals surface area (Å²) in [5.41, 5.74) is 2.16. The molecule has 1 unspecified atom stereocenters. The Morgan fingerprint density at radius 3 is 2.42 bits per heavy atom. The summed E-state index contributed by atoms with van der Waals surface area (Å²) in [6.07, 6.45) is 6.23. The monoisotopic (exact) mass is 350 g/mol. The molecule has 3 heterocycles. The second-order valence-corrected chi connectivity index (χ2v) is 6.62. The van der Waals surface area contributed by atoms with Crippen molar-refractivity contribution in [2.24, 2.45) is 5.10 Å². The van der Waals surface area contributed by atoms with Crippen LogP contribution in [0.25, 0.3) is 0 Å². The molecule has 4 rings (SSSR count). The molecule has 2 amide bonds. The molecule has 26 heavy (non-hydrogen) atoms. The van der Waals surface area contributed by atoms with Crippen LogP contribution >= 0.6 is 0 Å². The van der Waals surface area contributed by atoms with Crippen molar-refractivity contribution < 1.29 is 4.79 Å². The number of amides is 2. The third kappa shape index (κ3) is 3.24. The van der Waals surface area contributed by atoms with Gasteiger partial charge in [-0.25, -0.2) is 19.8 Å². The first kappa shape index (κ1) is 16.5. The van der Waals surface area contributed by atoms with Gasteiger partial charge in [-0.1, -0.05) is 30.3 Å². The van der Waals surface area contributed by atoms with Gasteiger partial charge in [0, 0.05) is 51.2 Å². The van der Waals surface area contributed by atoms with E-state index in [1.165, 1.54) is 0 Å². The van der Waals surface area contributed by atoms with Gasteiger partial charge in [0.25, 0.3) is 0 Å². The van der Waals surface area contributed by atoms with Crippen LogP contribution in [0.5, 0.6) is 0 Å². The smallest absolute Gasteiger partial charge is 0.337 e. The number of benzene rings is 1. The largest absolute Gasteiger partial charge is 0.341 e. The van der Waals surface area contributed by atoms with Crippen LogP contribution in [-0.2, 0) is 0 Å². The predicted octanol–water partition coefficient (Wildman–Crippen LogP) is 2.46. The van der Waals surface area contributed by atoms with Gasteiger partial charge in [0.05, 0.1) is 6.04 Å². The molecule has 0 spiro atoms. The zero-order chi connectivity index (χ0) is 17.9. The summed E-state index contributed by atoms with van der Waals surface area (Å²) < 4.78 is 0. The highest BCUT2D eigenvalue weighted by Crippen LogP contribution is 2.29. The normalized spacial score (nSPS) is 19.9. The van der Waals surface area contributed by atoms with E-state index in [1.54, 1.807) is 5.01 Å². The van der Waals surface area contributed by atoms with E-state index in [4.69, 9.17) is 0 Å². The van der Waals surface area contributed by atoms with Crippen molar-refractivity contribution in [2.45, 2.75) is 19.4 Å². The number of hydrazone groups is 1. The Kier molecular flexibility index (Phi) is 4.51. The van der Waals surface area contributed by atoms with Gasteiger partial charge in [0.15, 0.2) is 0 Å². The summed E-state index contributed by atoms with van der Waals surface area (Å²) in [6, 6.07) is 10.0. The maximum absolute atomic E-state index is 13.0. The molecule has 0 bridgehead atoms. The molecule has 0 saturated carbocycles. The summed E-state index contributed by atoms with van der Waals surface area (Å²) in [7, 11) is 0. The van der Waals surface area contributed by atoms with Crippen molar-refractivity contribution in [3.63, 3.8) is 0 Å². The number of nitrogens with zero attached hydrogens (tertiary/aromatic N) is 6. The topological polar surface area (TPSA) is 64.9 Å².